The molecule has 0 bridgehead atoms. The Kier molecular flexibility index (Phi) is 4.16. The van der Waals surface area contributed by atoms with Crippen molar-refractivity contribution in [3.05, 3.63) is 23.8 Å². The standard InChI is InChI=1S/C16H18N2O5S/c1-16-6-5-13(19)18(16)11(8-24-16)14(20)17-9-3-4-10(15(21)22)12(7-9)23-2/h3-4,7,11H,5-6,8H2,1-2H3,(H,17,20)(H,21,22). The van der Waals surface area contributed by atoms with E-state index < -0.39 is 12.0 Å². The molecule has 2 heterocycles. The maximum atomic E-state index is 12.6. The summed E-state index contributed by atoms with van der Waals surface area (Å²) in [5.74, 6) is -0.648. The van der Waals surface area contributed by atoms with Crippen LogP contribution < -0.4 is 10.1 Å². The lowest BCUT2D eigenvalue weighted by Crippen LogP contribution is -2.48. The zero-order chi connectivity index (χ0) is 17.5. The number of aromatic carboxylic acids is 1. The van der Waals surface area contributed by atoms with Crippen LogP contribution in [0.1, 0.15) is 30.1 Å². The van der Waals surface area contributed by atoms with E-state index in [4.69, 9.17) is 9.84 Å². The molecule has 1 aromatic carbocycles. The summed E-state index contributed by atoms with van der Waals surface area (Å²) in [5.41, 5.74) is 0.460. The minimum Gasteiger partial charge on any atom is -0.496 e. The molecule has 3 rings (SSSR count). The number of fused-ring (bicyclic) bond motifs is 1. The lowest BCUT2D eigenvalue weighted by molar-refractivity contribution is -0.135. The molecule has 2 N–H and O–H groups in total. The van der Waals surface area contributed by atoms with Crippen molar-refractivity contribution in [2.24, 2.45) is 0 Å². The van der Waals surface area contributed by atoms with Gasteiger partial charge in [-0.3, -0.25) is 9.59 Å². The van der Waals surface area contributed by atoms with Gasteiger partial charge in [0.2, 0.25) is 11.8 Å². The Balaban J connectivity index is 1.78. The van der Waals surface area contributed by atoms with Gasteiger partial charge in [0.05, 0.1) is 12.0 Å². The number of ether oxygens (including phenoxy) is 1. The number of hydrogen-bond donors (Lipinski definition) is 2. The fraction of sp³-hybridized carbons (Fsp3) is 0.438. The third-order valence-electron chi connectivity index (χ3n) is 4.45. The zero-order valence-electron chi connectivity index (χ0n) is 13.4. The highest BCUT2D eigenvalue weighted by Gasteiger charge is 2.52. The van der Waals surface area contributed by atoms with Crippen LogP contribution in [0.25, 0.3) is 0 Å². The van der Waals surface area contributed by atoms with Crippen molar-refractivity contribution in [2.75, 3.05) is 18.2 Å². The van der Waals surface area contributed by atoms with Crippen molar-refractivity contribution in [3.8, 4) is 5.75 Å². The van der Waals surface area contributed by atoms with Crippen molar-refractivity contribution in [3.63, 3.8) is 0 Å². The molecule has 2 unspecified atom stereocenters. The Morgan fingerprint density at radius 1 is 1.46 bits per heavy atom. The fourth-order valence-electron chi connectivity index (χ4n) is 3.19. The van der Waals surface area contributed by atoms with E-state index >= 15 is 0 Å². The molecule has 2 atom stereocenters. The van der Waals surface area contributed by atoms with E-state index in [2.05, 4.69) is 5.32 Å². The van der Waals surface area contributed by atoms with E-state index in [9.17, 15) is 14.4 Å². The van der Waals surface area contributed by atoms with Crippen LogP contribution in [0.5, 0.6) is 5.75 Å². The Labute approximate surface area is 143 Å². The molecule has 1 aromatic rings. The van der Waals surface area contributed by atoms with Gasteiger partial charge in [0.1, 0.15) is 17.4 Å². The average molecular weight is 350 g/mol. The number of carboxylic acid groups (broad SMARTS) is 1. The Hall–Kier alpha value is -2.22. The summed E-state index contributed by atoms with van der Waals surface area (Å²) in [6, 6.07) is 3.84. The molecule has 0 spiro atoms. The van der Waals surface area contributed by atoms with Crippen LogP contribution in [-0.4, -0.2) is 51.6 Å². The number of thioether (sulfide) groups is 1. The predicted octanol–water partition coefficient (Wildman–Crippen LogP) is 1.79. The number of carbonyl (C=O) groups excluding carboxylic acids is 2. The summed E-state index contributed by atoms with van der Waals surface area (Å²) in [4.78, 5) is 37.2. The molecule has 2 saturated heterocycles. The maximum absolute atomic E-state index is 12.6. The van der Waals surface area contributed by atoms with Gasteiger partial charge < -0.3 is 20.1 Å². The molecule has 0 aliphatic carbocycles. The highest BCUT2D eigenvalue weighted by atomic mass is 32.2. The monoisotopic (exact) mass is 350 g/mol. The first-order valence-electron chi connectivity index (χ1n) is 7.54. The van der Waals surface area contributed by atoms with Gasteiger partial charge >= 0.3 is 5.97 Å². The molecule has 2 amide bonds. The molecular formula is C16H18N2O5S. The van der Waals surface area contributed by atoms with E-state index in [0.29, 0.717) is 17.9 Å². The number of hydrogen-bond acceptors (Lipinski definition) is 5. The number of anilines is 1. The quantitative estimate of drug-likeness (QED) is 0.859. The second kappa shape index (κ2) is 6.01. The summed E-state index contributed by atoms with van der Waals surface area (Å²) < 4.78 is 5.06. The minimum atomic E-state index is -1.10. The van der Waals surface area contributed by atoms with Gasteiger partial charge in [0.15, 0.2) is 0 Å². The molecule has 0 radical (unpaired) electrons. The van der Waals surface area contributed by atoms with E-state index in [1.165, 1.54) is 25.3 Å². The number of carbonyl (C=O) groups is 3. The lowest BCUT2D eigenvalue weighted by atomic mass is 10.1. The second-order valence-electron chi connectivity index (χ2n) is 5.98. The van der Waals surface area contributed by atoms with Gasteiger partial charge in [-0.2, -0.15) is 0 Å². The van der Waals surface area contributed by atoms with Crippen LogP contribution in [0, 0.1) is 0 Å². The molecule has 7 nitrogen and oxygen atoms in total. The highest BCUT2D eigenvalue weighted by Crippen LogP contribution is 2.47. The fourth-order valence-corrected chi connectivity index (χ4v) is 4.62. The van der Waals surface area contributed by atoms with Gasteiger partial charge in [-0.1, -0.05) is 0 Å². The van der Waals surface area contributed by atoms with E-state index in [1.807, 2.05) is 6.92 Å². The Morgan fingerprint density at radius 2 is 2.21 bits per heavy atom. The molecule has 8 heteroatoms. The smallest absolute Gasteiger partial charge is 0.339 e. The van der Waals surface area contributed by atoms with Gasteiger partial charge in [-0.15, -0.1) is 11.8 Å². The summed E-state index contributed by atoms with van der Waals surface area (Å²) in [6.45, 7) is 1.99. The van der Waals surface area contributed by atoms with E-state index in [-0.39, 0.29) is 28.0 Å². The largest absolute Gasteiger partial charge is 0.496 e. The van der Waals surface area contributed by atoms with E-state index in [0.717, 1.165) is 6.42 Å². The molecule has 0 aromatic heterocycles. The van der Waals surface area contributed by atoms with Crippen molar-refractivity contribution in [1.29, 1.82) is 0 Å². The third-order valence-corrected chi connectivity index (χ3v) is 5.95. The van der Waals surface area contributed by atoms with Crippen molar-refractivity contribution in [2.45, 2.75) is 30.7 Å². The number of nitrogens with zero attached hydrogens (tertiary/aromatic N) is 1. The second-order valence-corrected chi connectivity index (χ2v) is 7.48. The van der Waals surface area contributed by atoms with Crippen LogP contribution in [0.3, 0.4) is 0 Å². The van der Waals surface area contributed by atoms with Gasteiger partial charge in [0, 0.05) is 23.9 Å². The van der Waals surface area contributed by atoms with Crippen LogP contribution in [0.2, 0.25) is 0 Å². The molecule has 128 valence electrons. The first-order valence-corrected chi connectivity index (χ1v) is 8.52. The first-order chi connectivity index (χ1) is 11.4. The van der Waals surface area contributed by atoms with E-state index in [1.54, 1.807) is 16.7 Å². The molecule has 2 aliphatic rings. The predicted molar refractivity (Wildman–Crippen MR) is 89.3 cm³/mol. The Morgan fingerprint density at radius 3 is 2.88 bits per heavy atom. The number of nitrogens with one attached hydrogen (secondary N) is 1. The van der Waals surface area contributed by atoms with Gasteiger partial charge in [0.25, 0.3) is 0 Å². The number of rotatable bonds is 4. The number of carboxylic acids is 1. The number of benzene rings is 1. The Bertz CT molecular complexity index is 722. The third kappa shape index (κ3) is 2.71. The first kappa shape index (κ1) is 16.6. The summed E-state index contributed by atoms with van der Waals surface area (Å²) in [6.07, 6.45) is 1.22. The van der Waals surface area contributed by atoms with Gasteiger partial charge in [-0.25, -0.2) is 4.79 Å². The SMILES string of the molecule is COc1cc(NC(=O)C2CSC3(C)CCC(=O)N23)ccc1C(=O)O. The molecule has 2 fully saturated rings. The summed E-state index contributed by atoms with van der Waals surface area (Å²) in [7, 11) is 1.37. The topological polar surface area (TPSA) is 95.9 Å². The van der Waals surface area contributed by atoms with Crippen LogP contribution in [0.15, 0.2) is 18.2 Å². The van der Waals surface area contributed by atoms with Crippen LogP contribution >= 0.6 is 11.8 Å². The normalized spacial score (nSPS) is 25.5. The number of methoxy groups -OCH3 is 1. The van der Waals surface area contributed by atoms with Crippen molar-refractivity contribution in [1.82, 2.24) is 4.90 Å². The van der Waals surface area contributed by atoms with Crippen molar-refractivity contribution >= 4 is 35.2 Å². The summed E-state index contributed by atoms with van der Waals surface area (Å²) >= 11 is 1.62. The lowest BCUT2D eigenvalue weighted by Gasteiger charge is -2.29. The zero-order valence-corrected chi connectivity index (χ0v) is 14.2. The molecule has 2 aliphatic heterocycles. The van der Waals surface area contributed by atoms with Gasteiger partial charge in [-0.05, 0) is 25.5 Å². The molecule has 0 saturated carbocycles. The molecule has 24 heavy (non-hydrogen) atoms. The van der Waals surface area contributed by atoms with Crippen molar-refractivity contribution < 1.29 is 24.2 Å². The summed E-state index contributed by atoms with van der Waals surface area (Å²) in [5, 5.41) is 11.8. The van der Waals surface area contributed by atoms with Crippen LogP contribution in [0.4, 0.5) is 5.69 Å². The highest BCUT2D eigenvalue weighted by molar-refractivity contribution is 8.01. The molecular weight excluding hydrogens is 332 g/mol. The number of amides is 2. The van der Waals surface area contributed by atoms with Crippen LogP contribution in [-0.2, 0) is 9.59 Å². The minimum absolute atomic E-state index is 0.00135. The maximum Gasteiger partial charge on any atom is 0.339 e. The average Bonchev–Trinajstić information content (AvgIpc) is 3.03.